The molecular formula is C58H76N6O11Si. The van der Waals surface area contributed by atoms with Gasteiger partial charge in [0.15, 0.2) is 37.5 Å². The Hall–Kier alpha value is -6.50. The second-order valence-corrected chi connectivity index (χ2v) is 27.3. The summed E-state index contributed by atoms with van der Waals surface area (Å²) in [6, 6.07) is 14.5. The number of carbonyl (C=O) groups is 4. The molecule has 4 amide bonds. The van der Waals surface area contributed by atoms with Gasteiger partial charge in [0.05, 0.1) is 68.6 Å². The van der Waals surface area contributed by atoms with E-state index < -0.39 is 26.7 Å². The van der Waals surface area contributed by atoms with Crippen molar-refractivity contribution >= 4 is 55.0 Å². The van der Waals surface area contributed by atoms with Crippen molar-refractivity contribution in [1.29, 1.82) is 0 Å². The van der Waals surface area contributed by atoms with Gasteiger partial charge in [-0.25, -0.2) is 14.5 Å². The lowest BCUT2D eigenvalue weighted by molar-refractivity contribution is 0.0528. The predicted molar refractivity (Wildman–Crippen MR) is 296 cm³/mol. The molecule has 0 aromatic heterocycles. The molecule has 2 saturated heterocycles. The van der Waals surface area contributed by atoms with Crippen LogP contribution in [0.15, 0.2) is 80.0 Å². The summed E-state index contributed by atoms with van der Waals surface area (Å²) in [7, 11) is 2.67. The largest absolute Gasteiger partial charge is 0.493 e. The van der Waals surface area contributed by atoms with E-state index in [1.54, 1.807) is 29.2 Å². The monoisotopic (exact) mass is 1060 g/mol. The van der Waals surface area contributed by atoms with Gasteiger partial charge in [-0.05, 0) is 111 Å². The fraction of sp³-hybridized carbons (Fsp3) is 0.517. The first kappa shape index (κ1) is 54.3. The summed E-state index contributed by atoms with van der Waals surface area (Å²) in [6.45, 7) is 23.7. The Labute approximate surface area is 449 Å². The summed E-state index contributed by atoms with van der Waals surface area (Å²) in [4.78, 5) is 68.7. The van der Waals surface area contributed by atoms with Gasteiger partial charge in [-0.2, -0.15) is 0 Å². The van der Waals surface area contributed by atoms with E-state index in [1.807, 2.05) is 11.1 Å². The number of piperazine rings is 1. The number of likely N-dealkylation sites (N-methyl/N-ethyl adjacent to an activating group) is 1. The summed E-state index contributed by atoms with van der Waals surface area (Å²) < 4.78 is 42.9. The molecule has 76 heavy (non-hydrogen) atoms. The molecule has 408 valence electrons. The molecule has 5 heterocycles. The SMILES string of the molecule is C=CCOC(=O)N1C[C@@H]2CC(c3ccc(N4CCN(C)CC4)cc3)=CN2C(=O)c2cc(OC)c(OCCCCCOc3cc4c(cc3OC)C(=O)N3CC5(CC5)C[C@H]3C(O[Si](C)(C)C(C)(C)C)N4C(=O)OCC=C)cc21. The van der Waals surface area contributed by atoms with Crippen molar-refractivity contribution in [2.45, 2.75) is 102 Å². The molecule has 1 spiro atoms. The third kappa shape index (κ3) is 11.0. The topological polar surface area (TPSA) is 152 Å². The maximum Gasteiger partial charge on any atom is 0.416 e. The number of hydrogen-bond donors (Lipinski definition) is 0. The second-order valence-electron chi connectivity index (χ2n) is 22.5. The minimum absolute atomic E-state index is 0.00794. The first-order valence-corrected chi connectivity index (χ1v) is 29.7. The van der Waals surface area contributed by atoms with Gasteiger partial charge in [0.2, 0.25) is 0 Å². The molecule has 18 heteroatoms. The summed E-state index contributed by atoms with van der Waals surface area (Å²) in [6.07, 6.45) is 8.25. The molecular weight excluding hydrogens is 985 g/mol. The Bertz CT molecular complexity index is 2730. The molecule has 3 fully saturated rings. The van der Waals surface area contributed by atoms with Gasteiger partial charge in [-0.1, -0.05) is 58.2 Å². The first-order chi connectivity index (χ1) is 36.4. The van der Waals surface area contributed by atoms with E-state index in [-0.39, 0.29) is 54.1 Å². The standard InChI is InChI=1S/C58H76N6O11Si/c1-11-26-73-55(67)62-37-42-30-40(39-16-18-41(19-17-39)60-24-22-59(6)23-25-60)36-61(42)52(65)43-31-48(69-7)50(33-45(43)62)71-28-14-13-15-29-72-51-34-46-44(32-49(51)70-8)53(66)63-38-58(20-21-58)35-47(63)54(64(46)56(68)74-27-12-2)75-76(9,10)57(3,4)5/h11-12,16-19,31-34,36,42,47,54H,1-2,13-15,20-30,35,37-38H2,3-10H3/t42-,47-,54?/m0/s1. The minimum atomic E-state index is -2.53. The van der Waals surface area contributed by atoms with Crippen LogP contribution in [0.2, 0.25) is 18.1 Å². The fourth-order valence-corrected chi connectivity index (χ4v) is 12.0. The maximum atomic E-state index is 14.7. The Morgan fingerprint density at radius 2 is 1.37 bits per heavy atom. The third-order valence-electron chi connectivity index (χ3n) is 16.4. The van der Waals surface area contributed by atoms with Crippen LogP contribution in [0.5, 0.6) is 23.0 Å². The van der Waals surface area contributed by atoms with Crippen molar-refractivity contribution in [3.8, 4) is 23.0 Å². The van der Waals surface area contributed by atoms with Crippen molar-refractivity contribution in [2.24, 2.45) is 5.41 Å². The lowest BCUT2D eigenvalue weighted by Gasteiger charge is -2.44. The van der Waals surface area contributed by atoms with E-state index in [2.05, 4.69) is 88.1 Å². The van der Waals surface area contributed by atoms with Crippen LogP contribution in [0.25, 0.3) is 5.57 Å². The summed E-state index contributed by atoms with van der Waals surface area (Å²) in [5.41, 5.74) is 4.57. The Balaban J connectivity index is 0.885. The quantitative estimate of drug-likeness (QED) is 0.0676. The normalized spacial score (nSPS) is 20.9. The number of fused-ring (bicyclic) bond motifs is 4. The molecule has 3 aromatic carbocycles. The predicted octanol–water partition coefficient (Wildman–Crippen LogP) is 9.97. The molecule has 3 aromatic rings. The van der Waals surface area contributed by atoms with Gasteiger partial charge in [-0.15, -0.1) is 0 Å². The maximum absolute atomic E-state index is 14.7. The lowest BCUT2D eigenvalue weighted by Crippen LogP contribution is -2.58. The zero-order valence-electron chi connectivity index (χ0n) is 45.7. The number of nitrogens with zero attached hydrogens (tertiary/aromatic N) is 6. The van der Waals surface area contributed by atoms with Crippen LogP contribution in [-0.4, -0.2) is 152 Å². The number of rotatable bonds is 18. The van der Waals surface area contributed by atoms with Crippen LogP contribution in [-0.2, 0) is 13.9 Å². The van der Waals surface area contributed by atoms with E-state index in [0.717, 1.165) is 56.6 Å². The average molecular weight is 1060 g/mol. The van der Waals surface area contributed by atoms with Crippen LogP contribution in [0.1, 0.15) is 92.0 Å². The minimum Gasteiger partial charge on any atom is -0.493 e. The Morgan fingerprint density at radius 3 is 1.95 bits per heavy atom. The number of ether oxygens (including phenoxy) is 6. The number of unbranched alkanes of at least 4 members (excludes halogenated alkanes) is 2. The number of benzene rings is 3. The highest BCUT2D eigenvalue weighted by molar-refractivity contribution is 6.74. The Morgan fingerprint density at radius 1 is 0.776 bits per heavy atom. The first-order valence-electron chi connectivity index (χ1n) is 26.8. The number of hydrogen-bond acceptors (Lipinski definition) is 13. The van der Waals surface area contributed by atoms with E-state index in [0.29, 0.717) is 90.9 Å². The van der Waals surface area contributed by atoms with Gasteiger partial charge in [0.25, 0.3) is 11.8 Å². The fourth-order valence-electron chi connectivity index (χ4n) is 10.8. The second kappa shape index (κ2) is 22.2. The van der Waals surface area contributed by atoms with Crippen molar-refractivity contribution in [3.63, 3.8) is 0 Å². The molecule has 1 aliphatic carbocycles. The smallest absolute Gasteiger partial charge is 0.416 e. The third-order valence-corrected chi connectivity index (χ3v) is 20.8. The molecule has 6 aliphatic rings. The molecule has 0 N–H and O–H groups in total. The Kier molecular flexibility index (Phi) is 15.9. The van der Waals surface area contributed by atoms with Crippen LogP contribution >= 0.6 is 0 Å². The van der Waals surface area contributed by atoms with Gasteiger partial charge < -0.3 is 52.4 Å². The van der Waals surface area contributed by atoms with Gasteiger partial charge >= 0.3 is 12.2 Å². The molecule has 9 rings (SSSR count). The van der Waals surface area contributed by atoms with Gasteiger partial charge in [0, 0.05) is 56.7 Å². The molecule has 3 atom stereocenters. The average Bonchev–Trinajstić information content (AvgIpc) is 4.01. The molecule has 1 unspecified atom stereocenters. The van der Waals surface area contributed by atoms with E-state index in [1.165, 1.54) is 41.9 Å². The number of amides is 4. The highest BCUT2D eigenvalue weighted by Crippen LogP contribution is 2.58. The zero-order chi connectivity index (χ0) is 54.1. The highest BCUT2D eigenvalue weighted by Gasteiger charge is 2.60. The number of methoxy groups -OCH3 is 2. The molecule has 1 saturated carbocycles. The molecule has 5 aliphatic heterocycles. The van der Waals surface area contributed by atoms with Crippen LogP contribution in [0.4, 0.5) is 26.7 Å². The van der Waals surface area contributed by atoms with Gasteiger partial charge in [0.1, 0.15) is 13.2 Å². The van der Waals surface area contributed by atoms with Crippen molar-refractivity contribution in [1.82, 2.24) is 14.7 Å². The van der Waals surface area contributed by atoms with Crippen LogP contribution in [0, 0.1) is 5.41 Å². The van der Waals surface area contributed by atoms with Crippen molar-refractivity contribution < 1.29 is 52.0 Å². The van der Waals surface area contributed by atoms with Crippen molar-refractivity contribution in [2.75, 3.05) is 102 Å². The molecule has 0 bridgehead atoms. The molecule has 0 radical (unpaired) electrons. The summed E-state index contributed by atoms with van der Waals surface area (Å²) >= 11 is 0. The van der Waals surface area contributed by atoms with Crippen LogP contribution < -0.4 is 33.6 Å². The number of carbonyl (C=O) groups excluding carboxylic acids is 4. The molecule has 17 nitrogen and oxygen atoms in total. The number of anilines is 3. The van der Waals surface area contributed by atoms with E-state index in [9.17, 15) is 19.2 Å². The van der Waals surface area contributed by atoms with Gasteiger partial charge in [-0.3, -0.25) is 14.5 Å². The zero-order valence-corrected chi connectivity index (χ0v) is 46.7. The van der Waals surface area contributed by atoms with E-state index in [4.69, 9.17) is 32.8 Å². The summed E-state index contributed by atoms with van der Waals surface area (Å²) in [5, 5.41) is -0.182. The lowest BCUT2D eigenvalue weighted by atomic mass is 10.0. The van der Waals surface area contributed by atoms with E-state index >= 15 is 0 Å². The van der Waals surface area contributed by atoms with Crippen molar-refractivity contribution in [3.05, 3.63) is 96.7 Å². The highest BCUT2D eigenvalue weighted by atomic mass is 28.4. The summed E-state index contributed by atoms with van der Waals surface area (Å²) in [5.74, 6) is 1.06. The van der Waals surface area contributed by atoms with Crippen LogP contribution in [0.3, 0.4) is 0 Å².